The summed E-state index contributed by atoms with van der Waals surface area (Å²) in [4.78, 5) is 18.6. The summed E-state index contributed by atoms with van der Waals surface area (Å²) in [5.74, 6) is -0.510. The Morgan fingerprint density at radius 3 is 2.58 bits per heavy atom. The first-order chi connectivity index (χ1) is 17.2. The van der Waals surface area contributed by atoms with Crippen molar-refractivity contribution in [1.29, 1.82) is 0 Å². The molecule has 1 aromatic carbocycles. The van der Waals surface area contributed by atoms with Crippen LogP contribution in [0, 0.1) is 19.7 Å². The molecule has 1 aliphatic carbocycles. The quantitative estimate of drug-likeness (QED) is 0.388. The molecule has 4 aromatic rings. The first-order valence-corrected chi connectivity index (χ1v) is 13.7. The summed E-state index contributed by atoms with van der Waals surface area (Å²) in [5.41, 5.74) is 3.19. The van der Waals surface area contributed by atoms with Gasteiger partial charge in [-0.15, -0.1) is 0 Å². The summed E-state index contributed by atoms with van der Waals surface area (Å²) in [5, 5.41) is 4.63. The Morgan fingerprint density at radius 2 is 1.83 bits per heavy atom. The maximum absolute atomic E-state index is 15.0. The normalized spacial score (nSPS) is 19.7. The molecule has 1 aliphatic heterocycles. The van der Waals surface area contributed by atoms with Crippen molar-refractivity contribution in [3.8, 4) is 11.3 Å². The van der Waals surface area contributed by atoms with Crippen molar-refractivity contribution in [2.75, 3.05) is 16.6 Å². The molecule has 1 unspecified atom stereocenters. The number of rotatable bonds is 4. The zero-order valence-electron chi connectivity index (χ0n) is 19.7. The Morgan fingerprint density at radius 1 is 1.06 bits per heavy atom. The third-order valence-corrected chi connectivity index (χ3v) is 8.77. The number of hydrogen-bond acceptors (Lipinski definition) is 7. The van der Waals surface area contributed by atoms with Crippen molar-refractivity contribution in [2.45, 2.75) is 45.1 Å². The van der Waals surface area contributed by atoms with E-state index in [1.807, 2.05) is 18.5 Å². The lowest BCUT2D eigenvalue weighted by Gasteiger charge is -2.32. The van der Waals surface area contributed by atoms with Crippen LogP contribution in [0.5, 0.6) is 0 Å². The minimum Gasteiger partial charge on any atom is -0.268 e. The number of aromatic nitrogens is 6. The molecule has 36 heavy (non-hydrogen) atoms. The molecule has 9 nitrogen and oxygen atoms in total. The van der Waals surface area contributed by atoms with E-state index in [4.69, 9.17) is 16.6 Å². The predicted molar refractivity (Wildman–Crippen MR) is 134 cm³/mol. The van der Waals surface area contributed by atoms with Crippen LogP contribution in [-0.4, -0.2) is 50.4 Å². The fraction of sp³-hybridized carbons (Fsp3) is 0.375. The molecule has 2 aliphatic rings. The second-order valence-electron chi connectivity index (χ2n) is 9.36. The number of benzene rings is 1. The van der Waals surface area contributed by atoms with Gasteiger partial charge in [-0.05, 0) is 51.3 Å². The summed E-state index contributed by atoms with van der Waals surface area (Å²) >= 11 is 5.98. The van der Waals surface area contributed by atoms with Crippen LogP contribution in [0.4, 0.5) is 10.1 Å². The summed E-state index contributed by atoms with van der Waals surface area (Å²) in [6.45, 7) is 3.81. The minimum absolute atomic E-state index is 0.0586. The molecule has 1 atom stereocenters. The van der Waals surface area contributed by atoms with E-state index in [-0.39, 0.29) is 28.8 Å². The summed E-state index contributed by atoms with van der Waals surface area (Å²) in [6.07, 6.45) is 5.80. The van der Waals surface area contributed by atoms with Crippen LogP contribution in [-0.2, 0) is 10.0 Å². The van der Waals surface area contributed by atoms with E-state index in [0.29, 0.717) is 52.2 Å². The van der Waals surface area contributed by atoms with E-state index >= 15 is 0 Å². The Kier molecular flexibility index (Phi) is 5.45. The van der Waals surface area contributed by atoms with Gasteiger partial charge in [0.2, 0.25) is 10.0 Å². The van der Waals surface area contributed by atoms with Crippen molar-refractivity contribution >= 4 is 38.5 Å². The highest BCUT2D eigenvalue weighted by Gasteiger charge is 2.36. The third kappa shape index (κ3) is 4.09. The topological polar surface area (TPSA) is 107 Å². The molecule has 2 fully saturated rings. The van der Waals surface area contributed by atoms with Crippen molar-refractivity contribution < 1.29 is 12.8 Å². The molecular weight excluding hydrogens is 505 g/mol. The van der Waals surface area contributed by atoms with Crippen molar-refractivity contribution in [3.63, 3.8) is 0 Å². The Bertz CT molecular complexity index is 1620. The number of nitrogens with zero attached hydrogens (tertiary/aromatic N) is 7. The van der Waals surface area contributed by atoms with E-state index in [9.17, 15) is 12.8 Å². The lowest BCUT2D eigenvalue weighted by Crippen LogP contribution is -2.42. The molecule has 0 spiro atoms. The van der Waals surface area contributed by atoms with Gasteiger partial charge in [0.25, 0.3) is 0 Å². The Balaban J connectivity index is 1.45. The largest absolute Gasteiger partial charge is 0.268 e. The van der Waals surface area contributed by atoms with Gasteiger partial charge in [-0.1, -0.05) is 11.6 Å². The van der Waals surface area contributed by atoms with Crippen molar-refractivity contribution in [2.24, 2.45) is 0 Å². The van der Waals surface area contributed by atoms with Gasteiger partial charge >= 0.3 is 0 Å². The lowest BCUT2D eigenvalue weighted by molar-refractivity contribution is 0.546. The van der Waals surface area contributed by atoms with Gasteiger partial charge in [-0.2, -0.15) is 5.10 Å². The lowest BCUT2D eigenvalue weighted by atomic mass is 10.0. The third-order valence-electron chi connectivity index (χ3n) is 6.75. The molecule has 0 N–H and O–H groups in total. The van der Waals surface area contributed by atoms with Gasteiger partial charge in [-0.25, -0.2) is 32.7 Å². The van der Waals surface area contributed by atoms with Gasteiger partial charge < -0.3 is 0 Å². The molecule has 1 saturated heterocycles. The van der Waals surface area contributed by atoms with Crippen LogP contribution in [0.2, 0.25) is 5.02 Å². The molecule has 0 radical (unpaired) electrons. The number of fused-ring (bicyclic) bond motifs is 1. The SMILES string of the molecule is Cc1nc2nc(C3CCS(=O)(=O)N(c4cnn(C5CC5)c4)C3)nc(-c3ccc(Cl)cc3F)c2nc1C. The molecular formula is C24H23ClFN7O2S. The van der Waals surface area contributed by atoms with Gasteiger partial charge in [0, 0.05) is 29.2 Å². The summed E-state index contributed by atoms with van der Waals surface area (Å²) < 4.78 is 44.1. The van der Waals surface area contributed by atoms with Gasteiger partial charge in [0.1, 0.15) is 22.9 Å². The average molecular weight is 528 g/mol. The molecule has 0 amide bonds. The molecule has 6 rings (SSSR count). The van der Waals surface area contributed by atoms with E-state index in [2.05, 4.69) is 20.1 Å². The number of sulfonamides is 1. The summed E-state index contributed by atoms with van der Waals surface area (Å²) in [6, 6.07) is 4.72. The van der Waals surface area contributed by atoms with E-state index < -0.39 is 15.8 Å². The zero-order chi connectivity index (χ0) is 25.2. The van der Waals surface area contributed by atoms with E-state index in [1.165, 1.54) is 10.4 Å². The highest BCUT2D eigenvalue weighted by Crippen LogP contribution is 2.37. The van der Waals surface area contributed by atoms with Crippen LogP contribution in [0.15, 0.2) is 30.6 Å². The maximum Gasteiger partial charge on any atom is 0.235 e. The molecule has 12 heteroatoms. The monoisotopic (exact) mass is 527 g/mol. The minimum atomic E-state index is -3.52. The fourth-order valence-electron chi connectivity index (χ4n) is 4.46. The van der Waals surface area contributed by atoms with Gasteiger partial charge in [0.15, 0.2) is 5.65 Å². The predicted octanol–water partition coefficient (Wildman–Crippen LogP) is 4.35. The van der Waals surface area contributed by atoms with Crippen molar-refractivity contribution in [1.82, 2.24) is 29.7 Å². The molecule has 186 valence electrons. The van der Waals surface area contributed by atoms with Crippen LogP contribution in [0.1, 0.15) is 48.4 Å². The smallest absolute Gasteiger partial charge is 0.235 e. The molecule has 4 heterocycles. The van der Waals surface area contributed by atoms with Crippen LogP contribution < -0.4 is 4.31 Å². The number of aryl methyl sites for hydroxylation is 2. The van der Waals surface area contributed by atoms with Crippen molar-refractivity contribution in [3.05, 3.63) is 58.6 Å². The van der Waals surface area contributed by atoms with E-state index in [1.54, 1.807) is 24.5 Å². The number of anilines is 1. The average Bonchev–Trinajstić information content (AvgIpc) is 3.56. The Labute approximate surface area is 212 Å². The molecule has 3 aromatic heterocycles. The zero-order valence-corrected chi connectivity index (χ0v) is 21.3. The van der Waals surface area contributed by atoms with Crippen LogP contribution in [0.25, 0.3) is 22.4 Å². The second kappa shape index (κ2) is 8.45. The fourth-order valence-corrected chi connectivity index (χ4v) is 6.24. The number of halogens is 2. The van der Waals surface area contributed by atoms with Crippen LogP contribution in [0.3, 0.4) is 0 Å². The first kappa shape index (κ1) is 23.2. The second-order valence-corrected chi connectivity index (χ2v) is 11.8. The highest BCUT2D eigenvalue weighted by molar-refractivity contribution is 7.92. The van der Waals surface area contributed by atoms with E-state index in [0.717, 1.165) is 12.8 Å². The highest BCUT2D eigenvalue weighted by atomic mass is 35.5. The van der Waals surface area contributed by atoms with Crippen LogP contribution >= 0.6 is 11.6 Å². The maximum atomic E-state index is 15.0. The van der Waals surface area contributed by atoms with Gasteiger partial charge in [-0.3, -0.25) is 8.99 Å². The number of hydrogen-bond donors (Lipinski definition) is 0. The Hall–Kier alpha value is -3.18. The molecule has 1 saturated carbocycles. The summed E-state index contributed by atoms with van der Waals surface area (Å²) in [7, 11) is -3.52. The molecule has 0 bridgehead atoms. The first-order valence-electron chi connectivity index (χ1n) is 11.7. The van der Waals surface area contributed by atoms with Gasteiger partial charge in [0.05, 0.1) is 35.1 Å². The standard InChI is InChI=1S/C24H23ClFN7O2S/c1-13-14(2)29-24-22(28-13)21(19-6-3-16(25)9-20(19)26)30-23(31-24)15-7-8-36(34,35)33(11-15)18-10-27-32(12-18)17-4-5-17/h3,6,9-10,12,15,17H,4-5,7-8,11H2,1-2H3.